The van der Waals surface area contributed by atoms with Crippen LogP contribution in [0.1, 0.15) is 23.7 Å². The molecule has 0 saturated carbocycles. The molecule has 0 aromatic heterocycles. The van der Waals surface area contributed by atoms with Crippen LogP contribution in [-0.4, -0.2) is 21.6 Å². The van der Waals surface area contributed by atoms with Crippen molar-refractivity contribution in [3.05, 3.63) is 34.3 Å². The van der Waals surface area contributed by atoms with Crippen molar-refractivity contribution in [1.82, 2.24) is 0 Å². The van der Waals surface area contributed by atoms with Gasteiger partial charge in [0.15, 0.2) is 0 Å². The van der Waals surface area contributed by atoms with E-state index in [0.29, 0.717) is 27.9 Å². The number of aliphatic hydroxyl groups excluding tert-OH is 2. The Morgan fingerprint density at radius 2 is 2.06 bits per heavy atom. The van der Waals surface area contributed by atoms with Gasteiger partial charge in [0.05, 0.1) is 17.7 Å². The predicted octanol–water partition coefficient (Wildman–Crippen LogP) is 2.39. The van der Waals surface area contributed by atoms with Gasteiger partial charge in [0.1, 0.15) is 6.10 Å². The standard InChI is InChI=1S/C11H11BrClNO2/c12-2-1-10(15)11(16)8-3-7(6-14)4-9(13)5-8/h3-5,10-11,15-16H,1-2H2. The first-order chi connectivity index (χ1) is 7.58. The van der Waals surface area contributed by atoms with Gasteiger partial charge in [-0.05, 0) is 30.2 Å². The first-order valence-electron chi connectivity index (χ1n) is 4.71. The normalized spacial score (nSPS) is 14.2. The summed E-state index contributed by atoms with van der Waals surface area (Å²) in [6.07, 6.45) is -1.47. The molecule has 2 N–H and O–H groups in total. The van der Waals surface area contributed by atoms with Crippen molar-refractivity contribution < 1.29 is 10.2 Å². The second kappa shape index (κ2) is 6.21. The van der Waals surface area contributed by atoms with Crippen LogP contribution in [0.4, 0.5) is 0 Å². The molecule has 0 radical (unpaired) electrons. The minimum absolute atomic E-state index is 0.368. The topological polar surface area (TPSA) is 64.2 Å². The molecule has 1 aromatic carbocycles. The van der Waals surface area contributed by atoms with E-state index in [1.807, 2.05) is 6.07 Å². The molecule has 0 amide bonds. The quantitative estimate of drug-likeness (QED) is 0.840. The fraction of sp³-hybridized carbons (Fsp3) is 0.364. The van der Waals surface area contributed by atoms with Gasteiger partial charge in [0, 0.05) is 10.4 Å². The largest absolute Gasteiger partial charge is 0.390 e. The van der Waals surface area contributed by atoms with Crippen LogP contribution in [0.3, 0.4) is 0 Å². The summed E-state index contributed by atoms with van der Waals surface area (Å²) in [4.78, 5) is 0. The molecule has 0 bridgehead atoms. The van der Waals surface area contributed by atoms with Gasteiger partial charge >= 0.3 is 0 Å². The van der Waals surface area contributed by atoms with Gasteiger partial charge in [0.2, 0.25) is 0 Å². The summed E-state index contributed by atoms with van der Waals surface area (Å²) in [6.45, 7) is 0. The van der Waals surface area contributed by atoms with Gasteiger partial charge in [-0.1, -0.05) is 27.5 Å². The Balaban J connectivity index is 2.95. The fourth-order valence-electron chi connectivity index (χ4n) is 1.34. The number of halogens is 2. The molecule has 5 heteroatoms. The second-order valence-electron chi connectivity index (χ2n) is 3.37. The van der Waals surface area contributed by atoms with Gasteiger partial charge in [-0.25, -0.2) is 0 Å². The third-order valence-electron chi connectivity index (χ3n) is 2.16. The number of nitriles is 1. The average molecular weight is 305 g/mol. The van der Waals surface area contributed by atoms with Gasteiger partial charge in [-0.2, -0.15) is 5.26 Å². The number of aliphatic hydroxyl groups is 2. The molecular weight excluding hydrogens is 293 g/mol. The maximum Gasteiger partial charge on any atom is 0.105 e. The zero-order valence-electron chi connectivity index (χ0n) is 8.40. The second-order valence-corrected chi connectivity index (χ2v) is 4.60. The van der Waals surface area contributed by atoms with Gasteiger partial charge in [-0.3, -0.25) is 0 Å². The zero-order valence-corrected chi connectivity index (χ0v) is 10.7. The summed E-state index contributed by atoms with van der Waals surface area (Å²) in [7, 11) is 0. The van der Waals surface area contributed by atoms with E-state index in [1.165, 1.54) is 12.1 Å². The highest BCUT2D eigenvalue weighted by Gasteiger charge is 2.18. The number of hydrogen-bond acceptors (Lipinski definition) is 3. The molecule has 0 aliphatic rings. The number of hydrogen-bond donors (Lipinski definition) is 2. The molecule has 2 atom stereocenters. The zero-order chi connectivity index (χ0) is 12.1. The summed E-state index contributed by atoms with van der Waals surface area (Å²) in [6, 6.07) is 6.52. The van der Waals surface area contributed by atoms with Crippen LogP contribution in [0.15, 0.2) is 18.2 Å². The average Bonchev–Trinajstić information content (AvgIpc) is 2.27. The smallest absolute Gasteiger partial charge is 0.105 e. The van der Waals surface area contributed by atoms with Gasteiger partial charge < -0.3 is 10.2 Å². The lowest BCUT2D eigenvalue weighted by atomic mass is 10.0. The Hall–Kier alpha value is -0.600. The number of benzene rings is 1. The van der Waals surface area contributed by atoms with Crippen molar-refractivity contribution in [1.29, 1.82) is 5.26 Å². The van der Waals surface area contributed by atoms with Crippen molar-refractivity contribution in [2.45, 2.75) is 18.6 Å². The van der Waals surface area contributed by atoms with Crippen molar-refractivity contribution in [3.8, 4) is 6.07 Å². The summed E-state index contributed by atoms with van der Waals surface area (Å²) >= 11 is 8.99. The lowest BCUT2D eigenvalue weighted by molar-refractivity contribution is 0.0173. The van der Waals surface area contributed by atoms with E-state index in [-0.39, 0.29) is 0 Å². The monoisotopic (exact) mass is 303 g/mol. The van der Waals surface area contributed by atoms with Crippen molar-refractivity contribution in [2.24, 2.45) is 0 Å². The van der Waals surface area contributed by atoms with E-state index in [2.05, 4.69) is 15.9 Å². The Bertz CT molecular complexity index is 405. The molecule has 0 heterocycles. The molecule has 2 unspecified atom stereocenters. The molecule has 0 aliphatic heterocycles. The van der Waals surface area contributed by atoms with Gasteiger partial charge in [-0.15, -0.1) is 0 Å². The van der Waals surface area contributed by atoms with E-state index < -0.39 is 12.2 Å². The minimum Gasteiger partial charge on any atom is -0.390 e. The highest BCUT2D eigenvalue weighted by atomic mass is 79.9. The third-order valence-corrected chi connectivity index (χ3v) is 2.84. The molecule has 3 nitrogen and oxygen atoms in total. The van der Waals surface area contributed by atoms with Crippen molar-refractivity contribution in [3.63, 3.8) is 0 Å². The van der Waals surface area contributed by atoms with Crippen LogP contribution in [-0.2, 0) is 0 Å². The SMILES string of the molecule is N#Cc1cc(Cl)cc(C(O)C(O)CCBr)c1. The van der Waals surface area contributed by atoms with E-state index in [0.717, 1.165) is 0 Å². The predicted molar refractivity (Wildman–Crippen MR) is 65.5 cm³/mol. The number of nitrogens with zero attached hydrogens (tertiary/aromatic N) is 1. The van der Waals surface area contributed by atoms with Crippen LogP contribution in [0.25, 0.3) is 0 Å². The Morgan fingerprint density at radius 1 is 1.38 bits per heavy atom. The fourth-order valence-corrected chi connectivity index (χ4v) is 2.05. The first-order valence-corrected chi connectivity index (χ1v) is 6.21. The Labute approximate surface area is 107 Å². The van der Waals surface area contributed by atoms with E-state index >= 15 is 0 Å². The van der Waals surface area contributed by atoms with E-state index in [1.54, 1.807) is 6.07 Å². The molecule has 0 spiro atoms. The molecule has 0 saturated heterocycles. The first kappa shape index (κ1) is 13.5. The van der Waals surface area contributed by atoms with Crippen molar-refractivity contribution in [2.75, 3.05) is 5.33 Å². The molecule has 1 rings (SSSR count). The highest BCUT2D eigenvalue weighted by molar-refractivity contribution is 9.09. The maximum atomic E-state index is 9.83. The lowest BCUT2D eigenvalue weighted by Crippen LogP contribution is -2.18. The molecule has 86 valence electrons. The van der Waals surface area contributed by atoms with Crippen LogP contribution in [0.5, 0.6) is 0 Å². The Kier molecular flexibility index (Phi) is 5.23. The maximum absolute atomic E-state index is 9.83. The van der Waals surface area contributed by atoms with E-state index in [4.69, 9.17) is 16.9 Å². The van der Waals surface area contributed by atoms with E-state index in [9.17, 15) is 10.2 Å². The third kappa shape index (κ3) is 3.46. The Morgan fingerprint density at radius 3 is 2.62 bits per heavy atom. The van der Waals surface area contributed by atoms with Gasteiger partial charge in [0.25, 0.3) is 0 Å². The summed E-state index contributed by atoms with van der Waals surface area (Å²) < 4.78 is 0. The number of alkyl halides is 1. The summed E-state index contributed by atoms with van der Waals surface area (Å²) in [5.41, 5.74) is 0.824. The summed E-state index contributed by atoms with van der Waals surface area (Å²) in [5.74, 6) is 0. The van der Waals surface area contributed by atoms with Crippen LogP contribution in [0.2, 0.25) is 5.02 Å². The minimum atomic E-state index is -1.02. The van der Waals surface area contributed by atoms with Crippen LogP contribution in [0, 0.1) is 11.3 Å². The van der Waals surface area contributed by atoms with Crippen LogP contribution < -0.4 is 0 Å². The lowest BCUT2D eigenvalue weighted by Gasteiger charge is -2.17. The summed E-state index contributed by atoms with van der Waals surface area (Å²) in [5, 5.41) is 29.2. The molecule has 0 aliphatic carbocycles. The van der Waals surface area contributed by atoms with Crippen molar-refractivity contribution >= 4 is 27.5 Å². The molecular formula is C11H11BrClNO2. The molecule has 0 fully saturated rings. The molecule has 16 heavy (non-hydrogen) atoms. The van der Waals surface area contributed by atoms with Crippen LogP contribution >= 0.6 is 27.5 Å². The molecule has 1 aromatic rings. The number of rotatable bonds is 4. The highest BCUT2D eigenvalue weighted by Crippen LogP contribution is 2.24.